The van der Waals surface area contributed by atoms with Gasteiger partial charge in [0, 0.05) is 16.6 Å². The van der Waals surface area contributed by atoms with Crippen LogP contribution in [0.2, 0.25) is 10.0 Å². The van der Waals surface area contributed by atoms with Crippen LogP contribution >= 0.6 is 34.5 Å². The number of amides is 1. The summed E-state index contributed by atoms with van der Waals surface area (Å²) < 4.78 is 1.85. The highest BCUT2D eigenvalue weighted by Gasteiger charge is 2.30. The molecule has 4 nitrogen and oxygen atoms in total. The Hall–Kier alpha value is -2.08. The fourth-order valence-corrected chi connectivity index (χ4v) is 6.43. The number of allylic oxidation sites excluding steroid dienone is 1. The van der Waals surface area contributed by atoms with Crippen LogP contribution in [0.15, 0.2) is 35.0 Å². The minimum absolute atomic E-state index is 0.0880. The average molecular weight is 515 g/mol. The number of nitrogens with zero attached hydrogens (tertiary/aromatic N) is 2. The quantitative estimate of drug-likeness (QED) is 0.377. The molecular weight excluding hydrogens is 485 g/mol. The fraction of sp³-hybridized carbons (Fsp3) is 0.407. The molecule has 0 radical (unpaired) electrons. The zero-order chi connectivity index (χ0) is 23.7. The number of hydrogen-bond donors (Lipinski definition) is 1. The number of carbonyl (C=O) groups is 1. The molecule has 2 heterocycles. The Balaban J connectivity index is 1.57. The van der Waals surface area contributed by atoms with Crippen molar-refractivity contribution in [2.75, 3.05) is 0 Å². The van der Waals surface area contributed by atoms with Crippen molar-refractivity contribution in [2.24, 2.45) is 5.92 Å². The third-order valence-corrected chi connectivity index (χ3v) is 8.35. The summed E-state index contributed by atoms with van der Waals surface area (Å²) in [4.78, 5) is 13.5. The van der Waals surface area contributed by atoms with Crippen LogP contribution in [0.3, 0.4) is 0 Å². The molecule has 3 aromatic rings. The smallest absolute Gasteiger partial charge is 0.272 e. The molecule has 0 unspecified atom stereocenters. The van der Waals surface area contributed by atoms with Gasteiger partial charge in [-0.05, 0) is 97.2 Å². The molecule has 178 valence electrons. The van der Waals surface area contributed by atoms with Crippen molar-refractivity contribution in [1.82, 2.24) is 15.1 Å². The first-order valence-corrected chi connectivity index (χ1v) is 13.8. The Kier molecular flexibility index (Phi) is 7.14. The van der Waals surface area contributed by atoms with Gasteiger partial charge in [0.1, 0.15) is 0 Å². The lowest BCUT2D eigenvalue weighted by Gasteiger charge is -2.28. The summed E-state index contributed by atoms with van der Waals surface area (Å²) in [6.45, 7) is 2.13. The summed E-state index contributed by atoms with van der Waals surface area (Å²) in [5.74, 6) is 0.449. The number of nitrogens with one attached hydrogen (secondary N) is 1. The normalized spacial score (nSPS) is 18.6. The van der Waals surface area contributed by atoms with E-state index in [1.54, 1.807) is 17.4 Å². The lowest BCUT2D eigenvalue weighted by molar-refractivity contribution is 0.0912. The molecule has 1 amide bonds. The maximum Gasteiger partial charge on any atom is 0.272 e. The van der Waals surface area contributed by atoms with Crippen molar-refractivity contribution in [3.63, 3.8) is 0 Å². The van der Waals surface area contributed by atoms with Gasteiger partial charge in [0.2, 0.25) is 0 Å². The van der Waals surface area contributed by atoms with Gasteiger partial charge >= 0.3 is 0 Å². The van der Waals surface area contributed by atoms with Gasteiger partial charge in [0.05, 0.1) is 16.4 Å². The Morgan fingerprint density at radius 1 is 1.18 bits per heavy atom. The Morgan fingerprint density at radius 3 is 2.74 bits per heavy atom. The average Bonchev–Trinajstić information content (AvgIpc) is 3.48. The van der Waals surface area contributed by atoms with E-state index < -0.39 is 0 Å². The molecule has 0 spiro atoms. The molecule has 34 heavy (non-hydrogen) atoms. The van der Waals surface area contributed by atoms with Crippen molar-refractivity contribution in [3.8, 4) is 5.69 Å². The van der Waals surface area contributed by atoms with Gasteiger partial charge in [-0.2, -0.15) is 16.4 Å². The molecule has 1 fully saturated rings. The van der Waals surface area contributed by atoms with E-state index in [9.17, 15) is 4.79 Å². The molecule has 1 saturated carbocycles. The molecule has 1 atom stereocenters. The highest BCUT2D eigenvalue weighted by atomic mass is 35.5. The Morgan fingerprint density at radius 2 is 2.00 bits per heavy atom. The number of hydrogen-bond acceptors (Lipinski definition) is 3. The Labute approximate surface area is 215 Å². The van der Waals surface area contributed by atoms with Crippen molar-refractivity contribution in [3.05, 3.63) is 67.6 Å². The molecule has 1 N–H and O–H groups in total. The molecule has 5 rings (SSSR count). The SMILES string of the molecule is C[C@@H](NC(=O)c1nn(-c2ccc(Cl)cc2Cl)c2c1CCC/C2=C\c1ccsc1)C1CCCCC1. The van der Waals surface area contributed by atoms with Gasteiger partial charge in [0.25, 0.3) is 5.91 Å². The maximum absolute atomic E-state index is 13.5. The maximum atomic E-state index is 13.5. The minimum Gasteiger partial charge on any atom is -0.348 e. The van der Waals surface area contributed by atoms with Gasteiger partial charge in [-0.3, -0.25) is 4.79 Å². The third-order valence-electron chi connectivity index (χ3n) is 7.11. The molecular formula is C27H29Cl2N3OS. The van der Waals surface area contributed by atoms with Crippen LogP contribution in [0.5, 0.6) is 0 Å². The number of benzene rings is 1. The zero-order valence-corrected chi connectivity index (χ0v) is 21.6. The van der Waals surface area contributed by atoms with E-state index >= 15 is 0 Å². The molecule has 7 heteroatoms. The van der Waals surface area contributed by atoms with Crippen LogP contribution in [-0.2, 0) is 6.42 Å². The second-order valence-corrected chi connectivity index (χ2v) is 11.0. The van der Waals surface area contributed by atoms with Crippen LogP contribution in [0.4, 0.5) is 0 Å². The van der Waals surface area contributed by atoms with Gasteiger partial charge < -0.3 is 5.32 Å². The predicted molar refractivity (Wildman–Crippen MR) is 142 cm³/mol. The largest absolute Gasteiger partial charge is 0.348 e. The first-order chi connectivity index (χ1) is 16.5. The summed E-state index contributed by atoms with van der Waals surface area (Å²) >= 11 is 14.5. The lowest BCUT2D eigenvalue weighted by Crippen LogP contribution is -2.39. The summed E-state index contributed by atoms with van der Waals surface area (Å²) in [7, 11) is 0. The first-order valence-electron chi connectivity index (χ1n) is 12.1. The topological polar surface area (TPSA) is 46.9 Å². The number of fused-ring (bicyclic) bond motifs is 1. The van der Waals surface area contributed by atoms with Crippen LogP contribution in [0, 0.1) is 5.92 Å². The van der Waals surface area contributed by atoms with E-state index in [0.717, 1.165) is 36.2 Å². The highest BCUT2D eigenvalue weighted by Crippen LogP contribution is 2.38. The second-order valence-electron chi connectivity index (χ2n) is 9.42. The number of aromatic nitrogens is 2. The van der Waals surface area contributed by atoms with E-state index in [1.165, 1.54) is 43.2 Å². The van der Waals surface area contributed by atoms with Gasteiger partial charge in [-0.1, -0.05) is 42.5 Å². The summed E-state index contributed by atoms with van der Waals surface area (Å²) in [5, 5.41) is 13.4. The van der Waals surface area contributed by atoms with Crippen molar-refractivity contribution in [1.29, 1.82) is 0 Å². The number of rotatable bonds is 5. The number of halogens is 2. The van der Waals surface area contributed by atoms with E-state index in [-0.39, 0.29) is 11.9 Å². The van der Waals surface area contributed by atoms with Gasteiger partial charge in [-0.25, -0.2) is 4.68 Å². The van der Waals surface area contributed by atoms with Gasteiger partial charge in [-0.15, -0.1) is 0 Å². The molecule has 2 aromatic heterocycles. The standard InChI is InChI=1S/C27H29Cl2N3OS/c1-17(19-6-3-2-4-7-19)30-27(33)25-22-9-5-8-20(14-18-12-13-34-16-18)26(22)32(31-25)24-11-10-21(28)15-23(24)29/h10-17,19H,2-9H2,1H3,(H,30,33)/b20-14+/t17-/m1/s1. The highest BCUT2D eigenvalue weighted by molar-refractivity contribution is 7.08. The molecule has 1 aromatic carbocycles. The summed E-state index contributed by atoms with van der Waals surface area (Å²) in [6, 6.07) is 7.66. The summed E-state index contributed by atoms with van der Waals surface area (Å²) in [6.07, 6.45) is 11.1. The third kappa shape index (κ3) is 4.84. The molecule has 2 aliphatic rings. The van der Waals surface area contributed by atoms with E-state index in [1.807, 2.05) is 16.8 Å². The predicted octanol–water partition coefficient (Wildman–Crippen LogP) is 7.82. The van der Waals surface area contributed by atoms with Crippen LogP contribution in [0.25, 0.3) is 17.3 Å². The monoisotopic (exact) mass is 513 g/mol. The Bertz CT molecular complexity index is 1210. The fourth-order valence-electron chi connectivity index (χ4n) is 5.33. The molecule has 0 saturated heterocycles. The molecule has 0 bridgehead atoms. The van der Waals surface area contributed by atoms with E-state index in [2.05, 4.69) is 35.1 Å². The van der Waals surface area contributed by atoms with E-state index in [4.69, 9.17) is 28.3 Å². The van der Waals surface area contributed by atoms with Crippen LogP contribution < -0.4 is 5.32 Å². The second kappa shape index (κ2) is 10.3. The van der Waals surface area contributed by atoms with Crippen molar-refractivity contribution < 1.29 is 4.79 Å². The van der Waals surface area contributed by atoms with Crippen LogP contribution in [-0.4, -0.2) is 21.7 Å². The van der Waals surface area contributed by atoms with Gasteiger partial charge in [0.15, 0.2) is 5.69 Å². The number of carbonyl (C=O) groups excluding carboxylic acids is 1. The lowest BCUT2D eigenvalue weighted by atomic mass is 9.84. The first kappa shape index (κ1) is 23.7. The molecule has 2 aliphatic carbocycles. The van der Waals surface area contributed by atoms with Crippen molar-refractivity contribution >= 4 is 52.1 Å². The van der Waals surface area contributed by atoms with E-state index in [0.29, 0.717) is 21.7 Å². The zero-order valence-electron chi connectivity index (χ0n) is 19.3. The molecule has 0 aliphatic heterocycles. The number of thiophene rings is 1. The van der Waals surface area contributed by atoms with Crippen molar-refractivity contribution in [2.45, 2.75) is 64.3 Å². The van der Waals surface area contributed by atoms with Crippen LogP contribution in [0.1, 0.15) is 79.2 Å². The minimum atomic E-state index is -0.0880. The summed E-state index contributed by atoms with van der Waals surface area (Å²) in [5.41, 5.74) is 5.58.